The van der Waals surface area contributed by atoms with Crippen LogP contribution in [0.15, 0.2) is 18.3 Å². The number of piperidine rings is 1. The molecule has 0 unspecified atom stereocenters. The highest BCUT2D eigenvalue weighted by Gasteiger charge is 2.32. The number of likely N-dealkylation sites (tertiary alicyclic amines) is 1. The Morgan fingerprint density at radius 3 is 2.89 bits per heavy atom. The van der Waals surface area contributed by atoms with Crippen LogP contribution in [0, 0.1) is 5.95 Å². The lowest BCUT2D eigenvalue weighted by Crippen LogP contribution is -2.48. The summed E-state index contributed by atoms with van der Waals surface area (Å²) in [6.07, 6.45) is 3.19. The number of nitrogens with zero attached hydrogens (tertiary/aromatic N) is 2. The van der Waals surface area contributed by atoms with Crippen molar-refractivity contribution >= 4 is 11.9 Å². The standard InChI is InChI=1S/C12H13FN2O3/c13-10-7-8(4-5-14-10)11(16)15-6-2-1-3-9(15)12(17)18/h4-5,7,9H,1-3,6H2,(H,17,18)/t9-/m0/s1. The van der Waals surface area contributed by atoms with Gasteiger partial charge in [-0.05, 0) is 25.3 Å². The molecule has 0 saturated carbocycles. The van der Waals surface area contributed by atoms with E-state index in [4.69, 9.17) is 5.11 Å². The molecule has 1 saturated heterocycles. The zero-order valence-electron chi connectivity index (χ0n) is 9.67. The maximum Gasteiger partial charge on any atom is 0.326 e. The van der Waals surface area contributed by atoms with E-state index < -0.39 is 23.9 Å². The van der Waals surface area contributed by atoms with Gasteiger partial charge in [-0.2, -0.15) is 4.39 Å². The molecule has 5 nitrogen and oxygen atoms in total. The number of amides is 1. The average molecular weight is 252 g/mol. The third-order valence-electron chi connectivity index (χ3n) is 3.02. The molecule has 2 heterocycles. The Kier molecular flexibility index (Phi) is 3.55. The summed E-state index contributed by atoms with van der Waals surface area (Å²) < 4.78 is 13.0. The van der Waals surface area contributed by atoms with Gasteiger partial charge in [-0.15, -0.1) is 0 Å². The predicted molar refractivity (Wildman–Crippen MR) is 60.5 cm³/mol. The molecule has 0 radical (unpaired) electrons. The van der Waals surface area contributed by atoms with Gasteiger partial charge in [-0.25, -0.2) is 9.78 Å². The first-order valence-corrected chi connectivity index (χ1v) is 5.75. The van der Waals surface area contributed by atoms with Gasteiger partial charge in [0.15, 0.2) is 0 Å². The molecule has 18 heavy (non-hydrogen) atoms. The molecule has 0 aliphatic carbocycles. The van der Waals surface area contributed by atoms with Crippen molar-refractivity contribution in [3.05, 3.63) is 29.8 Å². The largest absolute Gasteiger partial charge is 0.480 e. The summed E-state index contributed by atoms with van der Waals surface area (Å²) in [6.45, 7) is 0.389. The zero-order chi connectivity index (χ0) is 13.1. The van der Waals surface area contributed by atoms with Crippen molar-refractivity contribution in [3.8, 4) is 0 Å². The van der Waals surface area contributed by atoms with Gasteiger partial charge in [0.2, 0.25) is 5.95 Å². The first-order valence-electron chi connectivity index (χ1n) is 5.75. The third-order valence-corrected chi connectivity index (χ3v) is 3.02. The molecule has 2 rings (SSSR count). The highest BCUT2D eigenvalue weighted by molar-refractivity contribution is 5.96. The molecule has 0 bridgehead atoms. The Morgan fingerprint density at radius 2 is 2.22 bits per heavy atom. The van der Waals surface area contributed by atoms with Crippen molar-refractivity contribution in [1.29, 1.82) is 0 Å². The Labute approximate surface area is 103 Å². The van der Waals surface area contributed by atoms with E-state index in [1.807, 2.05) is 0 Å². The maximum atomic E-state index is 13.0. The SMILES string of the molecule is O=C(O)[C@@H]1CCCCN1C(=O)c1ccnc(F)c1. The molecule has 1 atom stereocenters. The molecule has 1 aromatic rings. The fraction of sp³-hybridized carbons (Fsp3) is 0.417. The minimum Gasteiger partial charge on any atom is -0.480 e. The number of aliphatic carboxylic acids is 1. The summed E-state index contributed by atoms with van der Waals surface area (Å²) in [5.41, 5.74) is 0.135. The van der Waals surface area contributed by atoms with E-state index in [-0.39, 0.29) is 5.56 Å². The quantitative estimate of drug-likeness (QED) is 0.805. The third kappa shape index (κ3) is 2.47. The first-order chi connectivity index (χ1) is 8.59. The van der Waals surface area contributed by atoms with E-state index in [0.717, 1.165) is 18.9 Å². The van der Waals surface area contributed by atoms with Crippen molar-refractivity contribution in [3.63, 3.8) is 0 Å². The lowest BCUT2D eigenvalue weighted by Gasteiger charge is -2.32. The van der Waals surface area contributed by atoms with Crippen molar-refractivity contribution in [2.45, 2.75) is 25.3 Å². The van der Waals surface area contributed by atoms with Crippen molar-refractivity contribution < 1.29 is 19.1 Å². The Hall–Kier alpha value is -1.98. The van der Waals surface area contributed by atoms with Crippen LogP contribution in [0.1, 0.15) is 29.6 Å². The molecular formula is C12H13FN2O3. The normalized spacial score (nSPS) is 19.6. The van der Waals surface area contributed by atoms with E-state index >= 15 is 0 Å². The molecule has 0 spiro atoms. The van der Waals surface area contributed by atoms with Gasteiger partial charge in [-0.3, -0.25) is 4.79 Å². The number of carbonyl (C=O) groups excluding carboxylic acids is 1. The number of aromatic nitrogens is 1. The van der Waals surface area contributed by atoms with Gasteiger partial charge in [0, 0.05) is 24.4 Å². The molecule has 96 valence electrons. The second-order valence-electron chi connectivity index (χ2n) is 4.22. The second-order valence-corrected chi connectivity index (χ2v) is 4.22. The minimum atomic E-state index is -1.02. The fourth-order valence-corrected chi connectivity index (χ4v) is 2.13. The van der Waals surface area contributed by atoms with Crippen molar-refractivity contribution in [2.75, 3.05) is 6.54 Å². The van der Waals surface area contributed by atoms with Gasteiger partial charge >= 0.3 is 5.97 Å². The Morgan fingerprint density at radius 1 is 1.44 bits per heavy atom. The first kappa shape index (κ1) is 12.5. The van der Waals surface area contributed by atoms with Crippen LogP contribution < -0.4 is 0 Å². The maximum absolute atomic E-state index is 13.0. The second kappa shape index (κ2) is 5.12. The topological polar surface area (TPSA) is 70.5 Å². The molecule has 1 aromatic heterocycles. The molecule has 0 aromatic carbocycles. The predicted octanol–water partition coefficient (Wildman–Crippen LogP) is 1.30. The van der Waals surface area contributed by atoms with Crippen molar-refractivity contribution in [1.82, 2.24) is 9.88 Å². The highest BCUT2D eigenvalue weighted by atomic mass is 19.1. The van der Waals surface area contributed by atoms with Crippen LogP contribution in [0.3, 0.4) is 0 Å². The van der Waals surface area contributed by atoms with Gasteiger partial charge in [-0.1, -0.05) is 0 Å². The van der Waals surface area contributed by atoms with Gasteiger partial charge < -0.3 is 10.0 Å². The summed E-state index contributed by atoms with van der Waals surface area (Å²) in [5, 5.41) is 9.08. The molecule has 1 amide bonds. The van der Waals surface area contributed by atoms with Crippen LogP contribution in [-0.4, -0.2) is 39.5 Å². The summed E-state index contributed by atoms with van der Waals surface area (Å²) in [4.78, 5) is 27.9. The van der Waals surface area contributed by atoms with Gasteiger partial charge in [0.1, 0.15) is 6.04 Å². The molecule has 1 aliphatic rings. The number of hydrogen-bond acceptors (Lipinski definition) is 3. The number of hydrogen-bond donors (Lipinski definition) is 1. The Balaban J connectivity index is 2.23. The van der Waals surface area contributed by atoms with Crippen LogP contribution >= 0.6 is 0 Å². The smallest absolute Gasteiger partial charge is 0.326 e. The minimum absolute atomic E-state index is 0.135. The summed E-state index contributed by atoms with van der Waals surface area (Å²) >= 11 is 0. The van der Waals surface area contributed by atoms with Gasteiger partial charge in [0.25, 0.3) is 5.91 Å². The number of carboxylic acid groups (broad SMARTS) is 1. The summed E-state index contributed by atoms with van der Waals surface area (Å²) in [5.74, 6) is -2.22. The van der Waals surface area contributed by atoms with Crippen LogP contribution in [0.4, 0.5) is 4.39 Å². The molecule has 6 heteroatoms. The highest BCUT2D eigenvalue weighted by Crippen LogP contribution is 2.20. The monoisotopic (exact) mass is 252 g/mol. The van der Waals surface area contributed by atoms with Crippen molar-refractivity contribution in [2.24, 2.45) is 0 Å². The molecule has 1 fully saturated rings. The molecule has 1 aliphatic heterocycles. The Bertz CT molecular complexity index is 478. The number of carboxylic acids is 1. The summed E-state index contributed by atoms with van der Waals surface area (Å²) in [6, 6.07) is 1.59. The lowest BCUT2D eigenvalue weighted by atomic mass is 10.0. The van der Waals surface area contributed by atoms with Crippen LogP contribution in [0.25, 0.3) is 0 Å². The molecular weight excluding hydrogens is 239 g/mol. The fourth-order valence-electron chi connectivity index (χ4n) is 2.13. The average Bonchev–Trinajstić information content (AvgIpc) is 2.38. The molecule has 1 N–H and O–H groups in total. The zero-order valence-corrected chi connectivity index (χ0v) is 9.67. The van der Waals surface area contributed by atoms with Crippen LogP contribution in [0.2, 0.25) is 0 Å². The number of carbonyl (C=O) groups is 2. The number of halogens is 1. The van der Waals surface area contributed by atoms with Gasteiger partial charge in [0.05, 0.1) is 0 Å². The number of pyridine rings is 1. The number of rotatable bonds is 2. The lowest BCUT2D eigenvalue weighted by molar-refractivity contribution is -0.143. The van der Waals surface area contributed by atoms with Crippen LogP contribution in [-0.2, 0) is 4.79 Å². The van der Waals surface area contributed by atoms with E-state index in [9.17, 15) is 14.0 Å². The van der Waals surface area contributed by atoms with E-state index in [2.05, 4.69) is 4.98 Å². The van der Waals surface area contributed by atoms with E-state index in [0.29, 0.717) is 13.0 Å². The van der Waals surface area contributed by atoms with E-state index in [1.165, 1.54) is 17.2 Å². The van der Waals surface area contributed by atoms with Crippen LogP contribution in [0.5, 0.6) is 0 Å². The summed E-state index contributed by atoms with van der Waals surface area (Å²) in [7, 11) is 0. The van der Waals surface area contributed by atoms with E-state index in [1.54, 1.807) is 0 Å².